The van der Waals surface area contributed by atoms with Gasteiger partial charge < -0.3 is 10.1 Å². The molecule has 0 radical (unpaired) electrons. The van der Waals surface area contributed by atoms with E-state index in [1.165, 1.54) is 11.8 Å². The normalized spacial score (nSPS) is 16.7. The smallest absolute Gasteiger partial charge is 0.242 e. The van der Waals surface area contributed by atoms with E-state index in [0.717, 1.165) is 16.9 Å². The lowest BCUT2D eigenvalue weighted by atomic mass is 10.2. The van der Waals surface area contributed by atoms with Gasteiger partial charge in [0.05, 0.1) is 19.3 Å². The third-order valence-electron chi connectivity index (χ3n) is 5.24. The Balaban J connectivity index is 1.54. The maximum Gasteiger partial charge on any atom is 0.242 e. The molecule has 4 rings (SSSR count). The van der Waals surface area contributed by atoms with Crippen LogP contribution in [-0.2, 0) is 16.1 Å². The number of carbonyl (C=O) groups is 2. The average molecular weight is 494 g/mol. The van der Waals surface area contributed by atoms with Crippen molar-refractivity contribution < 1.29 is 14.3 Å². The highest BCUT2D eigenvalue weighted by Crippen LogP contribution is 2.33. The molecule has 1 heterocycles. The number of hydrogen-bond donors (Lipinski definition) is 1. The topological polar surface area (TPSA) is 71.0 Å². The van der Waals surface area contributed by atoms with Gasteiger partial charge in [0.25, 0.3) is 0 Å². The second-order valence-electron chi connectivity index (χ2n) is 7.87. The number of amidine groups is 1. The molecule has 0 aromatic heterocycles. The summed E-state index contributed by atoms with van der Waals surface area (Å²) in [5, 5.41) is 3.51. The third-order valence-corrected chi connectivity index (χ3v) is 6.67. The minimum absolute atomic E-state index is 0.0518. The van der Waals surface area contributed by atoms with Gasteiger partial charge >= 0.3 is 0 Å². The molecular formula is C26H24ClN3O3S. The lowest BCUT2D eigenvalue weighted by molar-refractivity contribution is -0.128. The molecule has 1 unspecified atom stereocenters. The lowest BCUT2D eigenvalue weighted by Crippen LogP contribution is -2.33. The molecule has 0 saturated carbocycles. The van der Waals surface area contributed by atoms with Crippen molar-refractivity contribution in [3.8, 4) is 5.75 Å². The van der Waals surface area contributed by atoms with Gasteiger partial charge in [-0.2, -0.15) is 0 Å². The van der Waals surface area contributed by atoms with Gasteiger partial charge in [0.1, 0.15) is 11.0 Å². The number of methoxy groups -OCH3 is 1. The first-order valence-electron chi connectivity index (χ1n) is 10.7. The molecular weight excluding hydrogens is 470 g/mol. The van der Waals surface area contributed by atoms with Gasteiger partial charge in [-0.3, -0.25) is 14.5 Å². The largest absolute Gasteiger partial charge is 0.497 e. The van der Waals surface area contributed by atoms with E-state index in [1.54, 1.807) is 24.1 Å². The van der Waals surface area contributed by atoms with Crippen molar-refractivity contribution in [1.82, 2.24) is 4.90 Å². The number of anilines is 1. The molecule has 3 aromatic carbocycles. The molecule has 0 aliphatic carbocycles. The minimum atomic E-state index is -0.561. The molecule has 1 atom stereocenters. The number of halogens is 1. The zero-order valence-corrected chi connectivity index (χ0v) is 20.4. The van der Waals surface area contributed by atoms with Crippen LogP contribution in [0.1, 0.15) is 17.5 Å². The van der Waals surface area contributed by atoms with Crippen molar-refractivity contribution in [2.75, 3.05) is 12.4 Å². The monoisotopic (exact) mass is 493 g/mol. The number of thioether (sulfide) groups is 1. The Morgan fingerprint density at radius 1 is 1.12 bits per heavy atom. The first kappa shape index (κ1) is 23.9. The van der Waals surface area contributed by atoms with Crippen LogP contribution in [0.4, 0.5) is 11.4 Å². The molecule has 0 spiro atoms. The second kappa shape index (κ2) is 10.8. The summed E-state index contributed by atoms with van der Waals surface area (Å²) in [5.74, 6) is 0.364. The summed E-state index contributed by atoms with van der Waals surface area (Å²) < 4.78 is 5.21. The van der Waals surface area contributed by atoms with Crippen LogP contribution in [-0.4, -0.2) is 34.2 Å². The van der Waals surface area contributed by atoms with Crippen LogP contribution in [0, 0.1) is 6.92 Å². The van der Waals surface area contributed by atoms with Crippen molar-refractivity contribution >= 4 is 51.7 Å². The predicted octanol–water partition coefficient (Wildman–Crippen LogP) is 5.82. The van der Waals surface area contributed by atoms with E-state index in [4.69, 9.17) is 21.3 Å². The van der Waals surface area contributed by atoms with Gasteiger partial charge in [-0.05, 0) is 66.6 Å². The molecule has 1 fully saturated rings. The molecule has 174 valence electrons. The second-order valence-corrected chi connectivity index (χ2v) is 9.48. The lowest BCUT2D eigenvalue weighted by Gasteiger charge is -2.17. The molecule has 0 bridgehead atoms. The van der Waals surface area contributed by atoms with Crippen molar-refractivity contribution in [1.29, 1.82) is 0 Å². The zero-order chi connectivity index (χ0) is 24.1. The fraction of sp³-hybridized carbons (Fsp3) is 0.192. The Kier molecular flexibility index (Phi) is 7.55. The third kappa shape index (κ3) is 5.98. The highest BCUT2D eigenvalue weighted by Gasteiger charge is 2.39. The molecule has 6 nitrogen and oxygen atoms in total. The summed E-state index contributed by atoms with van der Waals surface area (Å²) >= 11 is 7.32. The maximum absolute atomic E-state index is 13.3. The number of aryl methyl sites for hydroxylation is 1. The summed E-state index contributed by atoms with van der Waals surface area (Å²) in [6.07, 6.45) is 0.0518. The van der Waals surface area contributed by atoms with Crippen LogP contribution < -0.4 is 10.1 Å². The van der Waals surface area contributed by atoms with Crippen LogP contribution in [0.25, 0.3) is 0 Å². The van der Waals surface area contributed by atoms with Crippen LogP contribution in [0.2, 0.25) is 5.02 Å². The minimum Gasteiger partial charge on any atom is -0.497 e. The van der Waals surface area contributed by atoms with Crippen molar-refractivity contribution in [2.24, 2.45) is 4.99 Å². The van der Waals surface area contributed by atoms with E-state index < -0.39 is 5.25 Å². The van der Waals surface area contributed by atoms with Crippen molar-refractivity contribution in [2.45, 2.75) is 25.1 Å². The molecule has 8 heteroatoms. The van der Waals surface area contributed by atoms with Gasteiger partial charge in [-0.15, -0.1) is 0 Å². The van der Waals surface area contributed by atoms with Crippen molar-refractivity contribution in [3.05, 3.63) is 88.9 Å². The van der Waals surface area contributed by atoms with E-state index in [0.29, 0.717) is 28.1 Å². The number of amides is 2. The van der Waals surface area contributed by atoms with Crippen LogP contribution in [0.3, 0.4) is 0 Å². The van der Waals surface area contributed by atoms with E-state index in [-0.39, 0.29) is 18.2 Å². The quantitative estimate of drug-likeness (QED) is 0.450. The number of carbonyl (C=O) groups excluding carboxylic acids is 2. The Bertz CT molecular complexity index is 1210. The van der Waals surface area contributed by atoms with Crippen LogP contribution >= 0.6 is 23.4 Å². The summed E-state index contributed by atoms with van der Waals surface area (Å²) in [6, 6.07) is 22.2. The summed E-state index contributed by atoms with van der Waals surface area (Å²) in [7, 11) is 1.60. The summed E-state index contributed by atoms with van der Waals surface area (Å²) in [4.78, 5) is 32.3. The fourth-order valence-corrected chi connectivity index (χ4v) is 4.80. The van der Waals surface area contributed by atoms with Gasteiger partial charge in [0.2, 0.25) is 11.8 Å². The maximum atomic E-state index is 13.3. The van der Waals surface area contributed by atoms with E-state index in [1.807, 2.05) is 67.6 Å². The molecule has 1 aliphatic rings. The molecule has 1 saturated heterocycles. The van der Waals surface area contributed by atoms with Crippen LogP contribution in [0.5, 0.6) is 5.75 Å². The number of nitrogens with zero attached hydrogens (tertiary/aromatic N) is 2. The fourth-order valence-electron chi connectivity index (χ4n) is 3.51. The average Bonchev–Trinajstić information content (AvgIpc) is 3.09. The Morgan fingerprint density at radius 3 is 2.53 bits per heavy atom. The first-order chi connectivity index (χ1) is 16.4. The van der Waals surface area contributed by atoms with Gasteiger partial charge in [0, 0.05) is 17.1 Å². The predicted molar refractivity (Wildman–Crippen MR) is 138 cm³/mol. The van der Waals surface area contributed by atoms with Crippen molar-refractivity contribution in [3.63, 3.8) is 0 Å². The SMILES string of the molecule is COc1ccc(N=C2SC(CC(=O)Nc3cccc(C)c3)C(=O)N2Cc2ccc(Cl)cc2)cc1. The Labute approximate surface area is 208 Å². The number of ether oxygens (including phenoxy) is 1. The molecule has 3 aromatic rings. The van der Waals surface area contributed by atoms with E-state index >= 15 is 0 Å². The van der Waals surface area contributed by atoms with Crippen LogP contribution in [0.15, 0.2) is 77.8 Å². The Morgan fingerprint density at radius 2 is 1.85 bits per heavy atom. The molecule has 34 heavy (non-hydrogen) atoms. The molecule has 1 N–H and O–H groups in total. The number of aliphatic imine (C=N–C) groups is 1. The van der Waals surface area contributed by atoms with E-state index in [2.05, 4.69) is 5.32 Å². The number of hydrogen-bond acceptors (Lipinski definition) is 5. The summed E-state index contributed by atoms with van der Waals surface area (Å²) in [5.41, 5.74) is 3.38. The number of rotatable bonds is 7. The number of nitrogens with one attached hydrogen (secondary N) is 1. The highest BCUT2D eigenvalue weighted by atomic mass is 35.5. The number of benzene rings is 3. The Hall–Kier alpha value is -3.29. The van der Waals surface area contributed by atoms with Gasteiger partial charge in [0.15, 0.2) is 5.17 Å². The highest BCUT2D eigenvalue weighted by molar-refractivity contribution is 8.15. The molecule has 2 amide bonds. The first-order valence-corrected chi connectivity index (χ1v) is 12.0. The zero-order valence-electron chi connectivity index (χ0n) is 18.8. The summed E-state index contributed by atoms with van der Waals surface area (Å²) in [6.45, 7) is 2.30. The van der Waals surface area contributed by atoms with E-state index in [9.17, 15) is 9.59 Å². The standard InChI is InChI=1S/C26H24ClN3O3S/c1-17-4-3-5-21(14-17)28-24(31)15-23-25(32)30(16-18-6-8-19(27)9-7-18)26(34-23)29-20-10-12-22(33-2)13-11-20/h3-14,23H,15-16H2,1-2H3,(H,28,31). The van der Waals surface area contributed by atoms with Gasteiger partial charge in [-0.1, -0.05) is 47.6 Å². The molecule has 1 aliphatic heterocycles. The van der Waals surface area contributed by atoms with Gasteiger partial charge in [-0.25, -0.2) is 4.99 Å².